The van der Waals surface area contributed by atoms with Crippen molar-refractivity contribution in [3.63, 3.8) is 0 Å². The van der Waals surface area contributed by atoms with Crippen LogP contribution in [-0.2, 0) is 4.74 Å². The molecule has 0 aromatic heterocycles. The summed E-state index contributed by atoms with van der Waals surface area (Å²) in [4.78, 5) is 0. The van der Waals surface area contributed by atoms with Crippen molar-refractivity contribution in [1.29, 1.82) is 0 Å². The first-order valence-electron chi connectivity index (χ1n) is 5.66. The van der Waals surface area contributed by atoms with Gasteiger partial charge < -0.3 is 9.84 Å². The van der Waals surface area contributed by atoms with Gasteiger partial charge in [-0.15, -0.1) is 0 Å². The van der Waals surface area contributed by atoms with Crippen molar-refractivity contribution in [2.75, 3.05) is 13.2 Å². The highest BCUT2D eigenvalue weighted by Gasteiger charge is 2.12. The Labute approximate surface area is 82.3 Å². The number of rotatable bonds is 4. The Hall–Kier alpha value is -0.0800. The Morgan fingerprint density at radius 1 is 1.15 bits per heavy atom. The molecule has 1 N–H and O–H groups in total. The van der Waals surface area contributed by atoms with Crippen LogP contribution >= 0.6 is 0 Å². The predicted molar refractivity (Wildman–Crippen MR) is 55.9 cm³/mol. The van der Waals surface area contributed by atoms with Crippen molar-refractivity contribution in [3.05, 3.63) is 0 Å². The average Bonchev–Trinajstić information content (AvgIpc) is 2.23. The van der Waals surface area contributed by atoms with E-state index in [-0.39, 0.29) is 6.61 Å². The smallest absolute Gasteiger partial charge is 0.0575 e. The monoisotopic (exact) mass is 188 g/mol. The molecule has 0 aromatic rings. The van der Waals surface area contributed by atoms with Crippen molar-refractivity contribution in [3.8, 4) is 0 Å². The fraction of sp³-hybridized carbons (Fsp3) is 1.00. The van der Waals surface area contributed by atoms with E-state index in [2.05, 4.69) is 0 Å². The van der Waals surface area contributed by atoms with E-state index in [9.17, 15) is 0 Å². The molecule has 0 radical (unpaired) electrons. The van der Waals surface area contributed by atoms with E-state index in [1.165, 1.54) is 32.1 Å². The molecule has 2 nitrogen and oxygen atoms in total. The summed E-state index contributed by atoms with van der Waals surface area (Å²) in [6.07, 6.45) is 7.76. The molecule has 0 unspecified atom stereocenters. The maximum absolute atomic E-state index is 8.52. The van der Waals surface area contributed by atoms with Gasteiger partial charge in [-0.2, -0.15) is 0 Å². The minimum absolute atomic E-state index is 0.257. The Morgan fingerprint density at radius 2 is 1.77 bits per heavy atom. The summed E-state index contributed by atoms with van der Waals surface area (Å²) >= 11 is 0. The minimum Gasteiger partial charge on any atom is -0.396 e. The van der Waals surface area contributed by atoms with E-state index in [0.29, 0.717) is 6.10 Å². The summed E-state index contributed by atoms with van der Waals surface area (Å²) in [6.45, 7) is 4.99. The lowest BCUT2D eigenvalue weighted by Gasteiger charge is -2.21. The summed E-state index contributed by atoms with van der Waals surface area (Å²) in [7, 11) is 0. The molecule has 1 rings (SSSR count). The highest BCUT2D eigenvalue weighted by molar-refractivity contribution is 4.64. The van der Waals surface area contributed by atoms with Crippen LogP contribution in [0.3, 0.4) is 0 Å². The van der Waals surface area contributed by atoms with Gasteiger partial charge in [0.25, 0.3) is 0 Å². The van der Waals surface area contributed by atoms with Crippen LogP contribution in [-0.4, -0.2) is 24.4 Å². The highest BCUT2D eigenvalue weighted by Crippen LogP contribution is 2.20. The van der Waals surface area contributed by atoms with E-state index in [1.54, 1.807) is 0 Å². The molecule has 0 atom stereocenters. The van der Waals surface area contributed by atoms with E-state index in [1.807, 2.05) is 13.8 Å². The van der Waals surface area contributed by atoms with Gasteiger partial charge in [0.15, 0.2) is 0 Å². The maximum Gasteiger partial charge on any atom is 0.0575 e. The molecule has 0 saturated heterocycles. The first-order chi connectivity index (χ1) is 6.43. The van der Waals surface area contributed by atoms with Crippen molar-refractivity contribution in [1.82, 2.24) is 0 Å². The second kappa shape index (κ2) is 10.0. The zero-order valence-electron chi connectivity index (χ0n) is 9.09. The third kappa shape index (κ3) is 7.03. The van der Waals surface area contributed by atoms with Crippen molar-refractivity contribution < 1.29 is 9.84 Å². The molecule has 0 bridgehead atoms. The molecule has 80 valence electrons. The van der Waals surface area contributed by atoms with Gasteiger partial charge in [0.05, 0.1) is 6.10 Å². The molecule has 1 aliphatic rings. The third-order valence-electron chi connectivity index (χ3n) is 2.21. The number of aliphatic hydroxyl groups is 1. The summed E-state index contributed by atoms with van der Waals surface area (Å²) in [6, 6.07) is 0. The summed E-state index contributed by atoms with van der Waals surface area (Å²) in [5.41, 5.74) is 0. The molecule has 0 heterocycles. The molecule has 0 aliphatic heterocycles. The summed E-state index contributed by atoms with van der Waals surface area (Å²) < 4.78 is 5.56. The van der Waals surface area contributed by atoms with Gasteiger partial charge >= 0.3 is 0 Å². The highest BCUT2D eigenvalue weighted by atomic mass is 16.5. The standard InChI is InChI=1S/C9H18O2.C2H6/c10-7-4-8-11-9-5-2-1-3-6-9;1-2/h9-10H,1-8H2;1-2H3. The second-order valence-corrected chi connectivity index (χ2v) is 3.21. The van der Waals surface area contributed by atoms with Gasteiger partial charge in [0.2, 0.25) is 0 Å². The quantitative estimate of drug-likeness (QED) is 0.687. The van der Waals surface area contributed by atoms with Crippen LogP contribution < -0.4 is 0 Å². The van der Waals surface area contributed by atoms with E-state index in [4.69, 9.17) is 9.84 Å². The molecule has 2 heteroatoms. The zero-order valence-corrected chi connectivity index (χ0v) is 9.09. The van der Waals surface area contributed by atoms with Crippen LogP contribution in [0.4, 0.5) is 0 Å². The molecular formula is C11H24O2. The molecule has 13 heavy (non-hydrogen) atoms. The van der Waals surface area contributed by atoms with Crippen LogP contribution in [0.15, 0.2) is 0 Å². The fourth-order valence-corrected chi connectivity index (χ4v) is 1.55. The Bertz CT molecular complexity index is 88.1. The first kappa shape index (κ1) is 12.9. The molecule has 1 fully saturated rings. The SMILES string of the molecule is CC.OCCCOC1CCCCC1. The Morgan fingerprint density at radius 3 is 2.31 bits per heavy atom. The van der Waals surface area contributed by atoms with Crippen LogP contribution in [0, 0.1) is 0 Å². The van der Waals surface area contributed by atoms with Gasteiger partial charge in [-0.05, 0) is 19.3 Å². The second-order valence-electron chi connectivity index (χ2n) is 3.21. The van der Waals surface area contributed by atoms with Crippen LogP contribution in [0.25, 0.3) is 0 Å². The topological polar surface area (TPSA) is 29.5 Å². The Balaban J connectivity index is 0.000000671. The van der Waals surface area contributed by atoms with Gasteiger partial charge in [0, 0.05) is 13.2 Å². The van der Waals surface area contributed by atoms with Gasteiger partial charge in [-0.3, -0.25) is 0 Å². The summed E-state index contributed by atoms with van der Waals surface area (Å²) in [5, 5.41) is 8.52. The third-order valence-corrected chi connectivity index (χ3v) is 2.21. The number of hydrogen-bond acceptors (Lipinski definition) is 2. The van der Waals surface area contributed by atoms with Crippen molar-refractivity contribution in [2.45, 2.75) is 58.5 Å². The van der Waals surface area contributed by atoms with Gasteiger partial charge in [-0.1, -0.05) is 33.1 Å². The van der Waals surface area contributed by atoms with E-state index in [0.717, 1.165) is 13.0 Å². The largest absolute Gasteiger partial charge is 0.396 e. The fourth-order valence-electron chi connectivity index (χ4n) is 1.55. The number of hydrogen-bond donors (Lipinski definition) is 1. The average molecular weight is 188 g/mol. The van der Waals surface area contributed by atoms with Crippen molar-refractivity contribution >= 4 is 0 Å². The van der Waals surface area contributed by atoms with Gasteiger partial charge in [-0.25, -0.2) is 0 Å². The number of ether oxygens (including phenoxy) is 1. The molecule has 0 spiro atoms. The normalized spacial score (nSPS) is 17.8. The molecule has 0 amide bonds. The van der Waals surface area contributed by atoms with Crippen LogP contribution in [0.1, 0.15) is 52.4 Å². The van der Waals surface area contributed by atoms with Gasteiger partial charge in [0.1, 0.15) is 0 Å². The maximum atomic E-state index is 8.52. The lowest BCUT2D eigenvalue weighted by atomic mass is 9.98. The summed E-state index contributed by atoms with van der Waals surface area (Å²) in [5.74, 6) is 0. The molecule has 1 saturated carbocycles. The zero-order chi connectivity index (χ0) is 9.94. The molecular weight excluding hydrogens is 164 g/mol. The first-order valence-corrected chi connectivity index (χ1v) is 5.66. The lowest BCUT2D eigenvalue weighted by Crippen LogP contribution is -2.17. The lowest BCUT2D eigenvalue weighted by molar-refractivity contribution is 0.0214. The predicted octanol–water partition coefficient (Wildman–Crippen LogP) is 2.74. The van der Waals surface area contributed by atoms with Crippen LogP contribution in [0.5, 0.6) is 0 Å². The van der Waals surface area contributed by atoms with E-state index < -0.39 is 0 Å². The van der Waals surface area contributed by atoms with Crippen LogP contribution in [0.2, 0.25) is 0 Å². The van der Waals surface area contributed by atoms with E-state index >= 15 is 0 Å². The minimum atomic E-state index is 0.257. The molecule has 1 aliphatic carbocycles. The number of aliphatic hydroxyl groups excluding tert-OH is 1. The molecule has 0 aromatic carbocycles. The Kier molecular flexibility index (Phi) is 9.94. The van der Waals surface area contributed by atoms with Crippen molar-refractivity contribution in [2.24, 2.45) is 0 Å².